The average Bonchev–Trinajstić information content (AvgIpc) is 2.56. The molecule has 1 heterocycles. The number of carbonyl (C=O) groups excluding carboxylic acids is 2. The third kappa shape index (κ3) is 5.71. The van der Waals surface area contributed by atoms with Crippen LogP contribution >= 0.6 is 0 Å². The van der Waals surface area contributed by atoms with Gasteiger partial charge in [0, 0.05) is 33.2 Å². The highest BCUT2D eigenvalue weighted by atomic mass is 16.6. The Morgan fingerprint density at radius 3 is 2.23 bits per heavy atom. The van der Waals surface area contributed by atoms with Gasteiger partial charge in [0.2, 0.25) is 0 Å². The molecule has 1 N–H and O–H groups in total. The number of ether oxygens (including phenoxy) is 1. The lowest BCUT2D eigenvalue weighted by Crippen LogP contribution is -2.53. The molecular formula is C19H30N4O3. The van der Waals surface area contributed by atoms with Crippen molar-refractivity contribution in [2.45, 2.75) is 32.4 Å². The van der Waals surface area contributed by atoms with Crippen LogP contribution in [-0.2, 0) is 9.53 Å². The summed E-state index contributed by atoms with van der Waals surface area (Å²) in [7, 11) is 3.63. The second-order valence-electron chi connectivity index (χ2n) is 7.66. The van der Waals surface area contributed by atoms with Gasteiger partial charge in [0.15, 0.2) is 0 Å². The molecule has 1 aliphatic heterocycles. The first-order valence-electron chi connectivity index (χ1n) is 8.92. The lowest BCUT2D eigenvalue weighted by atomic mass is 10.0. The van der Waals surface area contributed by atoms with Crippen LogP contribution in [-0.4, -0.2) is 72.7 Å². The van der Waals surface area contributed by atoms with Gasteiger partial charge in [-0.05, 0) is 33.4 Å². The van der Waals surface area contributed by atoms with Crippen molar-refractivity contribution in [3.8, 4) is 0 Å². The number of piperazine rings is 1. The second kappa shape index (κ2) is 8.51. The first-order chi connectivity index (χ1) is 12.2. The Morgan fingerprint density at radius 1 is 1.12 bits per heavy atom. The van der Waals surface area contributed by atoms with Crippen molar-refractivity contribution >= 4 is 12.0 Å². The van der Waals surface area contributed by atoms with Crippen LogP contribution in [0.5, 0.6) is 0 Å². The van der Waals surface area contributed by atoms with E-state index in [0.717, 1.165) is 31.7 Å². The zero-order valence-electron chi connectivity index (χ0n) is 16.4. The Hall–Kier alpha value is -2.12. The van der Waals surface area contributed by atoms with Crippen molar-refractivity contribution in [1.82, 2.24) is 20.2 Å². The Balaban J connectivity index is 2.14. The molecule has 0 aromatic heterocycles. The van der Waals surface area contributed by atoms with Crippen molar-refractivity contribution < 1.29 is 14.3 Å². The van der Waals surface area contributed by atoms with Crippen LogP contribution in [0.2, 0.25) is 0 Å². The zero-order valence-corrected chi connectivity index (χ0v) is 16.4. The molecule has 1 fully saturated rings. The molecule has 1 aliphatic rings. The molecule has 1 unspecified atom stereocenters. The van der Waals surface area contributed by atoms with Crippen LogP contribution < -0.4 is 5.43 Å². The summed E-state index contributed by atoms with van der Waals surface area (Å²) >= 11 is 0. The Kier molecular flexibility index (Phi) is 6.61. The maximum atomic E-state index is 13.1. The molecule has 0 radical (unpaired) electrons. The third-order valence-electron chi connectivity index (χ3n) is 4.24. The van der Waals surface area contributed by atoms with E-state index in [1.54, 1.807) is 27.8 Å². The van der Waals surface area contributed by atoms with Crippen LogP contribution in [0.25, 0.3) is 0 Å². The average molecular weight is 362 g/mol. The van der Waals surface area contributed by atoms with Gasteiger partial charge in [0.05, 0.1) is 0 Å². The standard InChI is InChI=1S/C19H30N4O3/c1-19(2,3)26-18(25)20-22(5)17(24)16(15-9-7-6-8-10-15)23-13-11-21(4)12-14-23/h6-10,16H,11-14H2,1-5H3,(H,20,25). The zero-order chi connectivity index (χ0) is 19.3. The summed E-state index contributed by atoms with van der Waals surface area (Å²) in [4.78, 5) is 29.5. The molecule has 0 aliphatic carbocycles. The summed E-state index contributed by atoms with van der Waals surface area (Å²) in [5.41, 5.74) is 2.82. The van der Waals surface area contributed by atoms with Crippen molar-refractivity contribution in [1.29, 1.82) is 0 Å². The van der Waals surface area contributed by atoms with Crippen molar-refractivity contribution in [3.63, 3.8) is 0 Å². The summed E-state index contributed by atoms with van der Waals surface area (Å²) in [6.45, 7) is 8.74. The fourth-order valence-corrected chi connectivity index (χ4v) is 2.90. The van der Waals surface area contributed by atoms with Gasteiger partial charge in [-0.1, -0.05) is 30.3 Å². The van der Waals surface area contributed by atoms with Crippen molar-refractivity contribution in [2.24, 2.45) is 0 Å². The number of carbonyl (C=O) groups is 2. The highest BCUT2D eigenvalue weighted by molar-refractivity contribution is 5.84. The van der Waals surface area contributed by atoms with Gasteiger partial charge < -0.3 is 9.64 Å². The summed E-state index contributed by atoms with van der Waals surface area (Å²) in [5, 5.41) is 1.23. The van der Waals surface area contributed by atoms with E-state index in [4.69, 9.17) is 4.74 Å². The van der Waals surface area contributed by atoms with Gasteiger partial charge >= 0.3 is 6.09 Å². The topological polar surface area (TPSA) is 65.1 Å². The van der Waals surface area contributed by atoms with E-state index >= 15 is 0 Å². The van der Waals surface area contributed by atoms with E-state index < -0.39 is 17.7 Å². The third-order valence-corrected chi connectivity index (χ3v) is 4.24. The second-order valence-corrected chi connectivity index (χ2v) is 7.66. The molecular weight excluding hydrogens is 332 g/mol. The van der Waals surface area contributed by atoms with Crippen LogP contribution in [0.15, 0.2) is 30.3 Å². The number of hydrogen-bond donors (Lipinski definition) is 1. The fraction of sp³-hybridized carbons (Fsp3) is 0.579. The Bertz CT molecular complexity index is 607. The number of likely N-dealkylation sites (N-methyl/N-ethyl adjacent to an activating group) is 2. The van der Waals surface area contributed by atoms with E-state index in [-0.39, 0.29) is 5.91 Å². The van der Waals surface area contributed by atoms with E-state index in [1.807, 2.05) is 30.3 Å². The molecule has 7 nitrogen and oxygen atoms in total. The molecule has 0 bridgehead atoms. The lowest BCUT2D eigenvalue weighted by Gasteiger charge is -2.38. The predicted octanol–water partition coefficient (Wildman–Crippen LogP) is 1.87. The maximum absolute atomic E-state index is 13.1. The van der Waals surface area contributed by atoms with Gasteiger partial charge in [0.25, 0.3) is 5.91 Å². The first-order valence-corrected chi connectivity index (χ1v) is 8.92. The van der Waals surface area contributed by atoms with E-state index in [1.165, 1.54) is 5.01 Å². The molecule has 7 heteroatoms. The van der Waals surface area contributed by atoms with Gasteiger partial charge in [-0.25, -0.2) is 10.2 Å². The summed E-state index contributed by atoms with van der Waals surface area (Å²) in [5.74, 6) is -0.188. The van der Waals surface area contributed by atoms with Crippen molar-refractivity contribution in [3.05, 3.63) is 35.9 Å². The van der Waals surface area contributed by atoms with Gasteiger partial charge in [-0.3, -0.25) is 14.7 Å². The number of amides is 2. The highest BCUT2D eigenvalue weighted by Crippen LogP contribution is 2.24. The molecule has 0 spiro atoms. The fourth-order valence-electron chi connectivity index (χ4n) is 2.90. The highest BCUT2D eigenvalue weighted by Gasteiger charge is 2.32. The normalized spacial score (nSPS) is 17.4. The smallest absolute Gasteiger partial charge is 0.426 e. The van der Waals surface area contributed by atoms with Crippen LogP contribution in [0.1, 0.15) is 32.4 Å². The van der Waals surface area contributed by atoms with Crippen LogP contribution in [0.4, 0.5) is 4.79 Å². The molecule has 26 heavy (non-hydrogen) atoms. The number of nitrogens with zero attached hydrogens (tertiary/aromatic N) is 3. The number of nitrogens with one attached hydrogen (secondary N) is 1. The maximum Gasteiger partial charge on any atom is 0.426 e. The Morgan fingerprint density at radius 2 is 1.69 bits per heavy atom. The molecule has 2 amide bonds. The summed E-state index contributed by atoms with van der Waals surface area (Å²) in [6, 6.07) is 9.23. The molecule has 1 aromatic carbocycles. The van der Waals surface area contributed by atoms with E-state index in [0.29, 0.717) is 0 Å². The van der Waals surface area contributed by atoms with Gasteiger partial charge in [0.1, 0.15) is 11.6 Å². The number of hydrogen-bond acceptors (Lipinski definition) is 5. The quantitative estimate of drug-likeness (QED) is 0.832. The molecule has 0 saturated carbocycles. The summed E-state index contributed by atoms with van der Waals surface area (Å²) < 4.78 is 5.24. The van der Waals surface area contributed by atoms with E-state index in [9.17, 15) is 9.59 Å². The van der Waals surface area contributed by atoms with Gasteiger partial charge in [-0.2, -0.15) is 0 Å². The minimum absolute atomic E-state index is 0.188. The predicted molar refractivity (Wildman–Crippen MR) is 100 cm³/mol. The first kappa shape index (κ1) is 20.2. The minimum Gasteiger partial charge on any atom is -0.443 e. The van der Waals surface area contributed by atoms with Crippen LogP contribution in [0.3, 0.4) is 0 Å². The largest absolute Gasteiger partial charge is 0.443 e. The van der Waals surface area contributed by atoms with Crippen molar-refractivity contribution in [2.75, 3.05) is 40.3 Å². The minimum atomic E-state index is -0.640. The Labute approximate surface area is 155 Å². The molecule has 1 atom stereocenters. The lowest BCUT2D eigenvalue weighted by molar-refractivity contribution is -0.139. The number of benzene rings is 1. The summed E-state index contributed by atoms with van der Waals surface area (Å²) in [6.07, 6.45) is -0.640. The van der Waals surface area contributed by atoms with Gasteiger partial charge in [-0.15, -0.1) is 0 Å². The number of hydrazine groups is 1. The van der Waals surface area contributed by atoms with Crippen LogP contribution in [0, 0.1) is 0 Å². The van der Waals surface area contributed by atoms with E-state index in [2.05, 4.69) is 22.3 Å². The molecule has 1 saturated heterocycles. The molecule has 144 valence electrons. The monoisotopic (exact) mass is 362 g/mol. The number of rotatable bonds is 3. The molecule has 2 rings (SSSR count). The molecule has 1 aromatic rings. The SMILES string of the molecule is CN1CCN(C(C(=O)N(C)NC(=O)OC(C)(C)C)c2ccccc2)CC1.